The minimum absolute atomic E-state index is 0.0892. The number of hydrogen-bond acceptors (Lipinski definition) is 4. The molecule has 0 bridgehead atoms. The second kappa shape index (κ2) is 13.9. The number of halogens is 1. The van der Waals surface area contributed by atoms with Gasteiger partial charge < -0.3 is 10.1 Å². The number of nitrogens with zero attached hydrogens (tertiary/aromatic N) is 2. The van der Waals surface area contributed by atoms with Gasteiger partial charge in [0, 0.05) is 29.8 Å². The second-order valence-corrected chi connectivity index (χ2v) is 6.82. The summed E-state index contributed by atoms with van der Waals surface area (Å²) in [4.78, 5) is 8.94. The highest BCUT2D eigenvalue weighted by molar-refractivity contribution is 7.85. The highest BCUT2D eigenvalue weighted by Gasteiger charge is 2.17. The third-order valence-corrected chi connectivity index (χ3v) is 4.65. The third-order valence-electron chi connectivity index (χ3n) is 3.17. The Hall–Kier alpha value is -0.460. The van der Waals surface area contributed by atoms with Crippen LogP contribution in [0.15, 0.2) is 9.98 Å². The SMILES string of the molecule is CC.CC.CC1CCS(=O)CC(=NC2CCOCC2)NC(Cl)=N1. The van der Waals surface area contributed by atoms with Crippen LogP contribution in [-0.2, 0) is 15.5 Å². The van der Waals surface area contributed by atoms with Crippen molar-refractivity contribution in [2.45, 2.75) is 66.0 Å². The molecule has 23 heavy (non-hydrogen) atoms. The average Bonchev–Trinajstić information content (AvgIpc) is 2.62. The van der Waals surface area contributed by atoms with Crippen LogP contribution < -0.4 is 5.32 Å². The van der Waals surface area contributed by atoms with Gasteiger partial charge in [-0.1, -0.05) is 27.7 Å². The zero-order chi connectivity index (χ0) is 17.7. The lowest BCUT2D eigenvalue weighted by Gasteiger charge is -2.20. The van der Waals surface area contributed by atoms with Gasteiger partial charge in [-0.3, -0.25) is 14.2 Å². The molecule has 0 aromatic carbocycles. The van der Waals surface area contributed by atoms with E-state index in [4.69, 9.17) is 16.3 Å². The molecule has 1 saturated heterocycles. The molecule has 7 heteroatoms. The van der Waals surface area contributed by atoms with Crippen molar-refractivity contribution in [2.75, 3.05) is 24.7 Å². The van der Waals surface area contributed by atoms with Crippen LogP contribution in [0.2, 0.25) is 0 Å². The topological polar surface area (TPSA) is 63.0 Å². The molecule has 1 fully saturated rings. The maximum absolute atomic E-state index is 12.0. The number of rotatable bonds is 1. The van der Waals surface area contributed by atoms with Crippen LogP contribution in [0.1, 0.15) is 53.9 Å². The summed E-state index contributed by atoms with van der Waals surface area (Å²) in [5.74, 6) is 1.76. The molecule has 2 unspecified atom stereocenters. The number of nitrogens with one attached hydrogen (secondary N) is 1. The Morgan fingerprint density at radius 3 is 2.43 bits per heavy atom. The molecule has 2 aliphatic rings. The fraction of sp³-hybridized carbons (Fsp3) is 0.875. The fourth-order valence-corrected chi connectivity index (χ4v) is 3.55. The van der Waals surface area contributed by atoms with Crippen molar-refractivity contribution in [3.05, 3.63) is 0 Å². The molecule has 2 rings (SSSR count). The van der Waals surface area contributed by atoms with Crippen molar-refractivity contribution < 1.29 is 8.95 Å². The van der Waals surface area contributed by atoms with E-state index >= 15 is 0 Å². The van der Waals surface area contributed by atoms with Crippen LogP contribution in [0, 0.1) is 0 Å². The minimum atomic E-state index is -0.906. The number of ether oxygens (including phenoxy) is 1. The molecule has 0 spiro atoms. The average molecular weight is 366 g/mol. The van der Waals surface area contributed by atoms with E-state index in [1.807, 2.05) is 34.6 Å². The normalized spacial score (nSPS) is 27.7. The molecule has 136 valence electrons. The van der Waals surface area contributed by atoms with Gasteiger partial charge in [0.15, 0.2) is 5.29 Å². The molecule has 2 atom stereocenters. The molecule has 2 aliphatic heterocycles. The van der Waals surface area contributed by atoms with Gasteiger partial charge in [0.1, 0.15) is 5.84 Å². The fourth-order valence-electron chi connectivity index (χ4n) is 2.08. The van der Waals surface area contributed by atoms with Crippen LogP contribution in [0.4, 0.5) is 0 Å². The Balaban J connectivity index is 0.00000112. The van der Waals surface area contributed by atoms with E-state index in [2.05, 4.69) is 15.3 Å². The summed E-state index contributed by atoms with van der Waals surface area (Å²) in [7, 11) is -0.906. The number of amidine groups is 2. The first-order valence-electron chi connectivity index (χ1n) is 8.63. The molecule has 0 amide bonds. The van der Waals surface area contributed by atoms with E-state index in [9.17, 15) is 4.21 Å². The van der Waals surface area contributed by atoms with Gasteiger partial charge in [-0.2, -0.15) is 0 Å². The van der Waals surface area contributed by atoms with E-state index in [0.717, 1.165) is 32.5 Å². The molecule has 2 heterocycles. The van der Waals surface area contributed by atoms with Crippen LogP contribution in [0.25, 0.3) is 0 Å². The molecule has 1 N–H and O–H groups in total. The van der Waals surface area contributed by atoms with Crippen LogP contribution in [0.3, 0.4) is 0 Å². The first-order valence-corrected chi connectivity index (χ1v) is 10.5. The summed E-state index contributed by atoms with van der Waals surface area (Å²) in [5.41, 5.74) is 0. The van der Waals surface area contributed by atoms with E-state index in [0.29, 0.717) is 22.6 Å². The summed E-state index contributed by atoms with van der Waals surface area (Å²) >= 11 is 6.06. The van der Waals surface area contributed by atoms with E-state index in [-0.39, 0.29) is 12.1 Å². The van der Waals surface area contributed by atoms with E-state index in [1.54, 1.807) is 0 Å². The van der Waals surface area contributed by atoms with E-state index < -0.39 is 10.8 Å². The van der Waals surface area contributed by atoms with Crippen LogP contribution in [0.5, 0.6) is 0 Å². The van der Waals surface area contributed by atoms with Crippen molar-refractivity contribution in [1.29, 1.82) is 0 Å². The Morgan fingerprint density at radius 1 is 1.22 bits per heavy atom. The predicted octanol–water partition coefficient (Wildman–Crippen LogP) is 3.34. The molecule has 5 nitrogen and oxygen atoms in total. The van der Waals surface area contributed by atoms with Crippen molar-refractivity contribution >= 4 is 33.5 Å². The molecular formula is C16H32ClN3O2S. The second-order valence-electron chi connectivity index (χ2n) is 4.89. The van der Waals surface area contributed by atoms with Gasteiger partial charge in [-0.15, -0.1) is 0 Å². The van der Waals surface area contributed by atoms with Crippen molar-refractivity contribution in [2.24, 2.45) is 9.98 Å². The first kappa shape index (κ1) is 22.5. The largest absolute Gasteiger partial charge is 0.381 e. The zero-order valence-corrected chi connectivity index (χ0v) is 16.7. The summed E-state index contributed by atoms with van der Waals surface area (Å²) in [6.45, 7) is 11.5. The highest BCUT2D eigenvalue weighted by atomic mass is 35.5. The molecule has 0 aromatic heterocycles. The summed E-state index contributed by atoms with van der Waals surface area (Å²) in [6, 6.07) is 0.322. The van der Waals surface area contributed by atoms with Crippen LogP contribution >= 0.6 is 11.6 Å². The smallest absolute Gasteiger partial charge is 0.196 e. The maximum atomic E-state index is 12.0. The zero-order valence-electron chi connectivity index (χ0n) is 15.1. The molecule has 0 aliphatic carbocycles. The van der Waals surface area contributed by atoms with Crippen molar-refractivity contribution in [1.82, 2.24) is 5.32 Å². The van der Waals surface area contributed by atoms with Gasteiger partial charge in [-0.25, -0.2) is 0 Å². The monoisotopic (exact) mass is 365 g/mol. The van der Waals surface area contributed by atoms with E-state index in [1.165, 1.54) is 0 Å². The standard InChI is InChI=1S/C12H20ClN3O2S.2C2H6/c1-9-4-7-19(17)8-11(16-12(13)14-9)15-10-2-5-18-6-3-10;2*1-2/h9-10H,2-8H2,1H3,(H,14,15,16);2*1-2H3. The van der Waals surface area contributed by atoms with Crippen molar-refractivity contribution in [3.63, 3.8) is 0 Å². The third kappa shape index (κ3) is 10.1. The summed E-state index contributed by atoms with van der Waals surface area (Å²) in [5, 5.41) is 3.34. The maximum Gasteiger partial charge on any atom is 0.196 e. The van der Waals surface area contributed by atoms with Gasteiger partial charge >= 0.3 is 0 Å². The Bertz CT molecular complexity index is 397. The molecule has 0 saturated carbocycles. The quantitative estimate of drug-likeness (QED) is 0.725. The lowest BCUT2D eigenvalue weighted by molar-refractivity contribution is 0.0870. The predicted molar refractivity (Wildman–Crippen MR) is 102 cm³/mol. The lowest BCUT2D eigenvalue weighted by Crippen LogP contribution is -2.34. The highest BCUT2D eigenvalue weighted by Crippen LogP contribution is 2.11. The Morgan fingerprint density at radius 2 is 1.83 bits per heavy atom. The summed E-state index contributed by atoms with van der Waals surface area (Å²) in [6.07, 6.45) is 2.60. The van der Waals surface area contributed by atoms with Crippen LogP contribution in [-0.4, -0.2) is 52.1 Å². The van der Waals surface area contributed by atoms with Gasteiger partial charge in [0.2, 0.25) is 0 Å². The minimum Gasteiger partial charge on any atom is -0.381 e. The Labute approximate surface area is 148 Å². The first-order chi connectivity index (χ1) is 11.1. The Kier molecular flexibility index (Phi) is 13.7. The number of aliphatic imine (C=N–C) groups is 2. The van der Waals surface area contributed by atoms with Gasteiger partial charge in [0.05, 0.1) is 17.8 Å². The molecule has 0 aromatic rings. The van der Waals surface area contributed by atoms with Crippen molar-refractivity contribution in [3.8, 4) is 0 Å². The molecular weight excluding hydrogens is 334 g/mol. The molecule has 0 radical (unpaired) electrons. The van der Waals surface area contributed by atoms with Gasteiger partial charge in [-0.05, 0) is 37.8 Å². The summed E-state index contributed by atoms with van der Waals surface area (Å²) < 4.78 is 17.3. The lowest BCUT2D eigenvalue weighted by atomic mass is 10.1. The van der Waals surface area contributed by atoms with Gasteiger partial charge in [0.25, 0.3) is 0 Å². The number of hydrogen-bond donors (Lipinski definition) is 1.